The molecule has 2 heterocycles. The van der Waals surface area contributed by atoms with Crippen molar-refractivity contribution in [3.05, 3.63) is 60.3 Å². The number of pyridine rings is 1. The van der Waals surface area contributed by atoms with Crippen LogP contribution in [0.3, 0.4) is 0 Å². The second-order valence-corrected chi connectivity index (χ2v) is 3.17. The maximum atomic E-state index is 5.68. The van der Waals surface area contributed by atoms with Crippen molar-refractivity contribution in [3.8, 4) is 11.5 Å². The van der Waals surface area contributed by atoms with Crippen LogP contribution in [0, 0.1) is 6.42 Å². The lowest BCUT2D eigenvalue weighted by Crippen LogP contribution is -2.02. The first kappa shape index (κ1) is 7.56. The van der Waals surface area contributed by atoms with E-state index in [9.17, 15) is 0 Å². The van der Waals surface area contributed by atoms with Gasteiger partial charge in [0.05, 0.1) is 5.69 Å². The average Bonchev–Trinajstić information content (AvgIpc) is 2.26. The largest absolute Gasteiger partial charge is 0.455 e. The van der Waals surface area contributed by atoms with E-state index in [0.717, 1.165) is 22.8 Å². The van der Waals surface area contributed by atoms with E-state index in [1.165, 1.54) is 0 Å². The molecule has 14 heavy (non-hydrogen) atoms. The molecule has 3 rings (SSSR count). The van der Waals surface area contributed by atoms with Crippen LogP contribution in [0.1, 0.15) is 11.3 Å². The molecular formula is C12H8NO. The smallest absolute Gasteiger partial charge is 0.149 e. The Kier molecular flexibility index (Phi) is 1.53. The fourth-order valence-corrected chi connectivity index (χ4v) is 1.56. The minimum atomic E-state index is 0.825. The number of hydrogen-bond acceptors (Lipinski definition) is 2. The Morgan fingerprint density at radius 3 is 2.79 bits per heavy atom. The third-order valence-electron chi connectivity index (χ3n) is 2.23. The summed E-state index contributed by atoms with van der Waals surface area (Å²) in [5, 5.41) is 0. The predicted octanol–water partition coefficient (Wildman–Crippen LogP) is 2.79. The molecule has 0 spiro atoms. The van der Waals surface area contributed by atoms with Gasteiger partial charge < -0.3 is 4.74 Å². The van der Waals surface area contributed by atoms with Crippen LogP contribution in [0.15, 0.2) is 42.6 Å². The fraction of sp³-hybridized carbons (Fsp3) is 0. The number of ether oxygens (including phenoxy) is 1. The van der Waals surface area contributed by atoms with Crippen LogP contribution < -0.4 is 4.74 Å². The lowest BCUT2D eigenvalue weighted by atomic mass is 10.1. The Hall–Kier alpha value is -1.83. The van der Waals surface area contributed by atoms with E-state index >= 15 is 0 Å². The molecule has 0 amide bonds. The topological polar surface area (TPSA) is 22.1 Å². The molecule has 0 saturated heterocycles. The van der Waals surface area contributed by atoms with E-state index in [1.54, 1.807) is 6.20 Å². The van der Waals surface area contributed by atoms with Crippen LogP contribution >= 0.6 is 0 Å². The Labute approximate surface area is 82.2 Å². The van der Waals surface area contributed by atoms with Crippen molar-refractivity contribution in [1.82, 2.24) is 4.98 Å². The third-order valence-corrected chi connectivity index (χ3v) is 2.23. The Balaban J connectivity index is 2.12. The van der Waals surface area contributed by atoms with E-state index in [1.807, 2.05) is 42.8 Å². The minimum Gasteiger partial charge on any atom is -0.455 e. The molecule has 0 fully saturated rings. The molecule has 67 valence electrons. The van der Waals surface area contributed by atoms with Gasteiger partial charge in [-0.2, -0.15) is 0 Å². The first-order valence-electron chi connectivity index (χ1n) is 4.50. The summed E-state index contributed by atoms with van der Waals surface area (Å²) < 4.78 is 5.68. The number of hydrogen-bond donors (Lipinski definition) is 0. The second-order valence-electron chi connectivity index (χ2n) is 3.17. The standard InChI is InChI=1S/C12H8NO/c1-2-5-11-9(4-1)8-10-12(14-11)6-3-7-13-10/h1-8H. The van der Waals surface area contributed by atoms with Gasteiger partial charge in [-0.3, -0.25) is 4.98 Å². The van der Waals surface area contributed by atoms with Crippen molar-refractivity contribution >= 4 is 0 Å². The van der Waals surface area contributed by atoms with Gasteiger partial charge in [0.1, 0.15) is 11.5 Å². The van der Waals surface area contributed by atoms with Crippen molar-refractivity contribution in [3.63, 3.8) is 0 Å². The first-order chi connectivity index (χ1) is 6.93. The SMILES string of the molecule is [CH]1c2ccccc2Oc2cccnc21. The van der Waals surface area contributed by atoms with Gasteiger partial charge in [0.15, 0.2) is 0 Å². The molecule has 0 atom stereocenters. The summed E-state index contributed by atoms with van der Waals surface area (Å²) >= 11 is 0. The highest BCUT2D eigenvalue weighted by Gasteiger charge is 2.16. The minimum absolute atomic E-state index is 0.825. The van der Waals surface area contributed by atoms with E-state index in [4.69, 9.17) is 4.74 Å². The normalized spacial score (nSPS) is 12.6. The lowest BCUT2D eigenvalue weighted by Gasteiger charge is -2.18. The molecule has 0 aliphatic carbocycles. The summed E-state index contributed by atoms with van der Waals surface area (Å²) in [6, 6.07) is 11.7. The molecule has 0 unspecified atom stereocenters. The summed E-state index contributed by atoms with van der Waals surface area (Å²) in [5.41, 5.74) is 1.98. The summed E-state index contributed by atoms with van der Waals surface area (Å²) in [4.78, 5) is 4.24. The Morgan fingerprint density at radius 1 is 0.929 bits per heavy atom. The van der Waals surface area contributed by atoms with Crippen molar-refractivity contribution in [1.29, 1.82) is 0 Å². The average molecular weight is 182 g/mol. The third kappa shape index (κ3) is 1.08. The maximum Gasteiger partial charge on any atom is 0.149 e. The van der Waals surface area contributed by atoms with Crippen LogP contribution in [-0.2, 0) is 0 Å². The molecular weight excluding hydrogens is 174 g/mol. The zero-order chi connectivity index (χ0) is 9.38. The van der Waals surface area contributed by atoms with Crippen molar-refractivity contribution in [2.24, 2.45) is 0 Å². The van der Waals surface area contributed by atoms with Crippen LogP contribution in [0.25, 0.3) is 0 Å². The number of nitrogens with zero attached hydrogens (tertiary/aromatic N) is 1. The highest BCUT2D eigenvalue weighted by Crippen LogP contribution is 2.35. The number of benzene rings is 1. The number of para-hydroxylation sites is 1. The zero-order valence-corrected chi connectivity index (χ0v) is 7.47. The summed E-state index contributed by atoms with van der Waals surface area (Å²) in [6.45, 7) is 0. The van der Waals surface area contributed by atoms with E-state index in [2.05, 4.69) is 4.98 Å². The Morgan fingerprint density at radius 2 is 1.79 bits per heavy atom. The van der Waals surface area contributed by atoms with Crippen LogP contribution in [0.2, 0.25) is 0 Å². The molecule has 1 aromatic carbocycles. The molecule has 2 heteroatoms. The van der Waals surface area contributed by atoms with Gasteiger partial charge in [-0.1, -0.05) is 18.2 Å². The van der Waals surface area contributed by atoms with Gasteiger partial charge in [-0.05, 0) is 18.2 Å². The first-order valence-corrected chi connectivity index (χ1v) is 4.50. The zero-order valence-electron chi connectivity index (χ0n) is 7.47. The Bertz CT molecular complexity index is 392. The predicted molar refractivity (Wildman–Crippen MR) is 53.3 cm³/mol. The van der Waals surface area contributed by atoms with E-state index < -0.39 is 0 Å². The molecule has 1 aliphatic heterocycles. The molecule has 0 N–H and O–H groups in total. The van der Waals surface area contributed by atoms with Gasteiger partial charge in [0.2, 0.25) is 0 Å². The summed E-state index contributed by atoms with van der Waals surface area (Å²) in [5.74, 6) is 1.72. The fourth-order valence-electron chi connectivity index (χ4n) is 1.56. The van der Waals surface area contributed by atoms with Gasteiger partial charge in [-0.15, -0.1) is 0 Å². The molecule has 1 aromatic heterocycles. The van der Waals surface area contributed by atoms with Crippen molar-refractivity contribution < 1.29 is 4.74 Å². The number of aromatic nitrogens is 1. The van der Waals surface area contributed by atoms with Crippen molar-refractivity contribution in [2.75, 3.05) is 0 Å². The van der Waals surface area contributed by atoms with Crippen molar-refractivity contribution in [2.45, 2.75) is 0 Å². The number of rotatable bonds is 0. The quantitative estimate of drug-likeness (QED) is 0.533. The molecule has 1 aliphatic rings. The maximum absolute atomic E-state index is 5.68. The van der Waals surface area contributed by atoms with Gasteiger partial charge in [-0.25, -0.2) is 0 Å². The van der Waals surface area contributed by atoms with Gasteiger partial charge in [0.25, 0.3) is 0 Å². The number of fused-ring (bicyclic) bond motifs is 2. The van der Waals surface area contributed by atoms with Crippen LogP contribution in [-0.4, -0.2) is 4.98 Å². The summed E-state index contributed by atoms with van der Waals surface area (Å²) in [7, 11) is 0. The van der Waals surface area contributed by atoms with E-state index in [0.29, 0.717) is 0 Å². The van der Waals surface area contributed by atoms with Gasteiger partial charge in [0, 0.05) is 18.2 Å². The highest BCUT2D eigenvalue weighted by molar-refractivity contribution is 5.53. The van der Waals surface area contributed by atoms with E-state index in [-0.39, 0.29) is 0 Å². The summed E-state index contributed by atoms with van der Waals surface area (Å²) in [6.07, 6.45) is 3.81. The highest BCUT2D eigenvalue weighted by atomic mass is 16.5. The van der Waals surface area contributed by atoms with Crippen LogP contribution in [0.4, 0.5) is 0 Å². The molecule has 0 bridgehead atoms. The van der Waals surface area contributed by atoms with Gasteiger partial charge >= 0.3 is 0 Å². The molecule has 1 radical (unpaired) electrons. The lowest BCUT2D eigenvalue weighted by molar-refractivity contribution is 0.465. The second kappa shape index (κ2) is 2.84. The monoisotopic (exact) mass is 182 g/mol. The molecule has 2 aromatic rings. The molecule has 0 saturated carbocycles. The van der Waals surface area contributed by atoms with Crippen LogP contribution in [0.5, 0.6) is 11.5 Å². The molecule has 2 nitrogen and oxygen atoms in total.